The Hall–Kier alpha value is -4.20. The number of benzene rings is 2. The highest BCUT2D eigenvalue weighted by atomic mass is 16.6. The van der Waals surface area contributed by atoms with Crippen LogP contribution in [0.2, 0.25) is 0 Å². The zero-order valence-electron chi connectivity index (χ0n) is 20.4. The smallest absolute Gasteiger partial charge is 0.269 e. The van der Waals surface area contributed by atoms with Crippen LogP contribution < -0.4 is 10.2 Å². The molecule has 2 heterocycles. The van der Waals surface area contributed by atoms with Gasteiger partial charge in [-0.1, -0.05) is 32.9 Å². The molecule has 0 spiro atoms. The van der Waals surface area contributed by atoms with Crippen LogP contribution in [0.25, 0.3) is 11.3 Å². The second-order valence-corrected chi connectivity index (χ2v) is 10.0. The first-order valence-electron chi connectivity index (χ1n) is 12.0. The van der Waals surface area contributed by atoms with Crippen molar-refractivity contribution in [3.05, 3.63) is 87.8 Å². The van der Waals surface area contributed by atoms with E-state index < -0.39 is 11.0 Å². The molecule has 1 amide bonds. The number of nitro benzene ring substituents is 1. The third-order valence-electron chi connectivity index (χ3n) is 6.73. The van der Waals surface area contributed by atoms with Crippen molar-refractivity contribution in [2.24, 2.45) is 5.41 Å². The van der Waals surface area contributed by atoms with E-state index in [1.165, 1.54) is 12.1 Å². The van der Waals surface area contributed by atoms with Gasteiger partial charge >= 0.3 is 0 Å². The van der Waals surface area contributed by atoms with Gasteiger partial charge in [-0.15, -0.1) is 0 Å². The summed E-state index contributed by atoms with van der Waals surface area (Å²) in [6.45, 7) is 5.93. The summed E-state index contributed by atoms with van der Waals surface area (Å²) in [6, 6.07) is 16.5. The standard InChI is InChI=1S/C28H27N3O5/c1-4-25(33)30-21-8-6-5-7-19(21)29-20-15-28(2,3)16-22(32)26(20)27(30)24-14-13-23(36-24)17-9-11-18(12-10-17)31(34)35/h5-14,27,29H,4,15-16H2,1-3H3/t27-/m1/s1. The molecule has 0 fully saturated rings. The molecule has 3 aromatic rings. The Morgan fingerprint density at radius 2 is 1.83 bits per heavy atom. The summed E-state index contributed by atoms with van der Waals surface area (Å²) in [4.78, 5) is 39.3. The van der Waals surface area contributed by atoms with E-state index in [0.717, 1.165) is 11.4 Å². The van der Waals surface area contributed by atoms with Crippen LogP contribution in [-0.2, 0) is 9.59 Å². The minimum absolute atomic E-state index is 0.0121. The molecule has 0 saturated carbocycles. The van der Waals surface area contributed by atoms with Gasteiger partial charge in [0.2, 0.25) is 5.91 Å². The lowest BCUT2D eigenvalue weighted by molar-refractivity contribution is -0.384. The fraction of sp³-hybridized carbons (Fsp3) is 0.286. The molecule has 2 aromatic carbocycles. The summed E-state index contributed by atoms with van der Waals surface area (Å²) < 4.78 is 6.28. The molecule has 8 nitrogen and oxygen atoms in total. The molecule has 0 saturated heterocycles. The van der Waals surface area contributed by atoms with Crippen LogP contribution in [0, 0.1) is 15.5 Å². The van der Waals surface area contributed by atoms with Crippen molar-refractivity contribution in [1.29, 1.82) is 0 Å². The molecular weight excluding hydrogens is 458 g/mol. The molecule has 5 rings (SSSR count). The highest BCUT2D eigenvalue weighted by Crippen LogP contribution is 2.49. The molecule has 184 valence electrons. The Morgan fingerprint density at radius 1 is 1.11 bits per heavy atom. The topological polar surface area (TPSA) is 106 Å². The van der Waals surface area contributed by atoms with Crippen molar-refractivity contribution < 1.29 is 18.9 Å². The quantitative estimate of drug-likeness (QED) is 0.338. The number of nitro groups is 1. The van der Waals surface area contributed by atoms with Gasteiger partial charge in [-0.3, -0.25) is 24.6 Å². The number of anilines is 2. The number of para-hydroxylation sites is 2. The summed E-state index contributed by atoms with van der Waals surface area (Å²) in [5.74, 6) is 0.812. The van der Waals surface area contributed by atoms with E-state index in [2.05, 4.69) is 19.2 Å². The summed E-state index contributed by atoms with van der Waals surface area (Å²) in [6.07, 6.45) is 1.27. The summed E-state index contributed by atoms with van der Waals surface area (Å²) >= 11 is 0. The first-order chi connectivity index (χ1) is 17.2. The Bertz CT molecular complexity index is 1400. The number of carbonyl (C=O) groups excluding carboxylic acids is 2. The number of hydrogen-bond acceptors (Lipinski definition) is 6. The van der Waals surface area contributed by atoms with E-state index in [1.54, 1.807) is 36.1 Å². The van der Waals surface area contributed by atoms with E-state index >= 15 is 0 Å². The van der Waals surface area contributed by atoms with Crippen LogP contribution in [0.4, 0.5) is 17.1 Å². The van der Waals surface area contributed by atoms with Crippen molar-refractivity contribution in [3.8, 4) is 11.3 Å². The van der Waals surface area contributed by atoms with E-state index in [4.69, 9.17) is 4.42 Å². The van der Waals surface area contributed by atoms with Crippen molar-refractivity contribution in [3.63, 3.8) is 0 Å². The lowest BCUT2D eigenvalue weighted by Crippen LogP contribution is -2.39. The van der Waals surface area contributed by atoms with E-state index in [-0.39, 0.29) is 29.2 Å². The van der Waals surface area contributed by atoms with Gasteiger partial charge in [-0.25, -0.2) is 0 Å². The summed E-state index contributed by atoms with van der Waals surface area (Å²) in [7, 11) is 0. The summed E-state index contributed by atoms with van der Waals surface area (Å²) in [5, 5.41) is 14.5. The number of allylic oxidation sites excluding steroid dienone is 1. The van der Waals surface area contributed by atoms with Gasteiger partial charge in [0.25, 0.3) is 5.69 Å². The highest BCUT2D eigenvalue weighted by molar-refractivity contribution is 6.06. The van der Waals surface area contributed by atoms with Crippen LogP contribution in [0.5, 0.6) is 0 Å². The summed E-state index contributed by atoms with van der Waals surface area (Å²) in [5.41, 5.74) is 3.22. The lowest BCUT2D eigenvalue weighted by atomic mass is 9.74. The molecule has 0 bridgehead atoms. The second-order valence-electron chi connectivity index (χ2n) is 10.0. The number of non-ortho nitro benzene ring substituents is 1. The predicted molar refractivity (Wildman–Crippen MR) is 136 cm³/mol. The SMILES string of the molecule is CCC(=O)N1c2ccccc2NC2=C(C(=O)CC(C)(C)C2)[C@H]1c1ccc(-c2ccc([N+](=O)[O-])cc2)o1. The number of nitrogens with one attached hydrogen (secondary N) is 1. The van der Waals surface area contributed by atoms with Gasteiger partial charge in [0.15, 0.2) is 5.78 Å². The Labute approximate surface area is 208 Å². The Balaban J connectivity index is 1.68. The number of carbonyl (C=O) groups is 2. The molecule has 1 atom stereocenters. The van der Waals surface area contributed by atoms with Gasteiger partial charge in [0.1, 0.15) is 17.6 Å². The van der Waals surface area contributed by atoms with E-state index in [1.807, 2.05) is 24.3 Å². The molecule has 36 heavy (non-hydrogen) atoms. The molecule has 1 aliphatic carbocycles. The second kappa shape index (κ2) is 8.78. The maximum Gasteiger partial charge on any atom is 0.269 e. The zero-order valence-corrected chi connectivity index (χ0v) is 20.4. The number of hydrogen-bond donors (Lipinski definition) is 1. The van der Waals surface area contributed by atoms with Gasteiger partial charge in [-0.05, 0) is 48.2 Å². The molecule has 8 heteroatoms. The molecule has 1 N–H and O–H groups in total. The van der Waals surface area contributed by atoms with Gasteiger partial charge in [0.05, 0.1) is 16.3 Å². The molecule has 2 aliphatic rings. The fourth-order valence-corrected chi connectivity index (χ4v) is 5.10. The van der Waals surface area contributed by atoms with E-state index in [0.29, 0.717) is 41.2 Å². The first kappa shape index (κ1) is 23.5. The van der Waals surface area contributed by atoms with Crippen LogP contribution in [0.1, 0.15) is 51.8 Å². The van der Waals surface area contributed by atoms with Gasteiger partial charge < -0.3 is 9.73 Å². The van der Waals surface area contributed by atoms with E-state index in [9.17, 15) is 19.7 Å². The first-order valence-corrected chi connectivity index (χ1v) is 12.0. The third-order valence-corrected chi connectivity index (χ3v) is 6.73. The zero-order chi connectivity index (χ0) is 25.6. The number of furan rings is 1. The average molecular weight is 486 g/mol. The maximum atomic E-state index is 13.6. The molecular formula is C28H27N3O5. The van der Waals surface area contributed by atoms with Crippen LogP contribution >= 0.6 is 0 Å². The predicted octanol–water partition coefficient (Wildman–Crippen LogP) is 6.41. The van der Waals surface area contributed by atoms with Crippen LogP contribution in [0.15, 0.2) is 76.4 Å². The Morgan fingerprint density at radius 3 is 2.53 bits per heavy atom. The van der Waals surface area contributed by atoms with Gasteiger partial charge in [0, 0.05) is 41.8 Å². The number of ketones is 1. The Kier molecular flexibility index (Phi) is 5.74. The number of nitrogens with zero attached hydrogens (tertiary/aromatic N) is 2. The normalized spacial score (nSPS) is 18.7. The van der Waals surface area contributed by atoms with Crippen molar-refractivity contribution in [2.45, 2.75) is 46.1 Å². The molecule has 0 radical (unpaired) electrons. The van der Waals surface area contributed by atoms with Crippen LogP contribution in [0.3, 0.4) is 0 Å². The number of fused-ring (bicyclic) bond motifs is 1. The minimum atomic E-state index is -0.737. The lowest BCUT2D eigenvalue weighted by Gasteiger charge is -2.36. The van der Waals surface area contributed by atoms with Crippen molar-refractivity contribution in [1.82, 2.24) is 0 Å². The number of amides is 1. The average Bonchev–Trinajstić information content (AvgIpc) is 3.27. The molecule has 0 unspecified atom stereocenters. The monoisotopic (exact) mass is 485 g/mol. The molecule has 1 aromatic heterocycles. The van der Waals surface area contributed by atoms with Crippen molar-refractivity contribution >= 4 is 28.8 Å². The number of rotatable bonds is 4. The van der Waals surface area contributed by atoms with Gasteiger partial charge in [-0.2, -0.15) is 0 Å². The minimum Gasteiger partial charge on any atom is -0.459 e. The third kappa shape index (κ3) is 4.08. The fourth-order valence-electron chi connectivity index (χ4n) is 5.10. The number of Topliss-reactive ketones (excluding diaryl/α,β-unsaturated/α-hetero) is 1. The molecule has 1 aliphatic heterocycles. The maximum absolute atomic E-state index is 13.6. The largest absolute Gasteiger partial charge is 0.459 e. The highest BCUT2D eigenvalue weighted by Gasteiger charge is 2.44. The van der Waals surface area contributed by atoms with Crippen LogP contribution in [-0.4, -0.2) is 16.6 Å². The van der Waals surface area contributed by atoms with Crippen molar-refractivity contribution in [2.75, 3.05) is 10.2 Å².